The van der Waals surface area contributed by atoms with E-state index < -0.39 is 0 Å². The molecule has 1 nitrogen and oxygen atoms in total. The molecular formula is C27H44O. The molecule has 1 aliphatic heterocycles. The van der Waals surface area contributed by atoms with Gasteiger partial charge in [0.1, 0.15) is 6.10 Å². The summed E-state index contributed by atoms with van der Waals surface area (Å²) in [7, 11) is 0. The zero-order chi connectivity index (χ0) is 20.1. The molecule has 0 saturated heterocycles. The summed E-state index contributed by atoms with van der Waals surface area (Å²) < 4.78 is 6.11. The van der Waals surface area contributed by atoms with E-state index in [2.05, 4.69) is 54.7 Å². The van der Waals surface area contributed by atoms with Crippen LogP contribution in [0.25, 0.3) is 0 Å². The van der Waals surface area contributed by atoms with Crippen molar-refractivity contribution in [2.75, 3.05) is 0 Å². The van der Waals surface area contributed by atoms with Crippen molar-refractivity contribution >= 4 is 0 Å². The lowest BCUT2D eigenvalue weighted by Gasteiger charge is -2.69. The van der Waals surface area contributed by atoms with E-state index in [0.29, 0.717) is 34.2 Å². The predicted octanol–water partition coefficient (Wildman–Crippen LogP) is 7.47. The maximum atomic E-state index is 6.11. The summed E-state index contributed by atoms with van der Waals surface area (Å²) in [4.78, 5) is 0. The van der Waals surface area contributed by atoms with Crippen LogP contribution in [0.5, 0.6) is 0 Å². The van der Waals surface area contributed by atoms with Gasteiger partial charge in [0, 0.05) is 5.92 Å². The molecule has 1 heterocycles. The Bertz CT molecular complexity index is 676. The minimum Gasteiger partial charge on any atom is -0.498 e. The predicted molar refractivity (Wildman–Crippen MR) is 117 cm³/mol. The molecule has 0 spiro atoms. The van der Waals surface area contributed by atoms with Crippen molar-refractivity contribution in [1.29, 1.82) is 0 Å². The Labute approximate surface area is 174 Å². The van der Waals surface area contributed by atoms with Crippen LogP contribution >= 0.6 is 0 Å². The fraction of sp³-hybridized carbons (Fsp3) is 0.926. The van der Waals surface area contributed by atoms with Crippen molar-refractivity contribution in [3.63, 3.8) is 0 Å². The summed E-state index contributed by atoms with van der Waals surface area (Å²) >= 11 is 0. The van der Waals surface area contributed by atoms with Crippen molar-refractivity contribution in [2.45, 2.75) is 99.5 Å². The van der Waals surface area contributed by atoms with E-state index in [1.807, 2.05) is 0 Å². The maximum absolute atomic E-state index is 6.11. The standard InChI is InChI=1S/C27H44O/c1-16-13-20-23(24-18(3)28-15-19(16)24)17(2)14-22-26(20,6)12-9-21-25(4,5)10-8-11-27(21,22)7/h15-18,20-24H,8-14H2,1-7H3. The summed E-state index contributed by atoms with van der Waals surface area (Å²) in [5.41, 5.74) is 3.29. The van der Waals surface area contributed by atoms with Crippen molar-refractivity contribution in [1.82, 2.24) is 0 Å². The first-order valence-corrected chi connectivity index (χ1v) is 12.4. The second-order valence-electron chi connectivity index (χ2n) is 13.0. The van der Waals surface area contributed by atoms with E-state index in [9.17, 15) is 0 Å². The number of ether oxygens (including phenoxy) is 1. The fourth-order valence-electron chi connectivity index (χ4n) is 10.2. The van der Waals surface area contributed by atoms with Crippen LogP contribution in [-0.2, 0) is 4.74 Å². The molecule has 0 radical (unpaired) electrons. The molecule has 4 aliphatic carbocycles. The Balaban J connectivity index is 1.55. The molecule has 1 heteroatoms. The molecule has 10 unspecified atom stereocenters. The highest BCUT2D eigenvalue weighted by atomic mass is 16.5. The van der Waals surface area contributed by atoms with Crippen LogP contribution < -0.4 is 0 Å². The fourth-order valence-corrected chi connectivity index (χ4v) is 10.2. The topological polar surface area (TPSA) is 9.23 Å². The van der Waals surface area contributed by atoms with Crippen molar-refractivity contribution in [3.8, 4) is 0 Å². The van der Waals surface area contributed by atoms with Crippen molar-refractivity contribution < 1.29 is 4.74 Å². The second-order valence-corrected chi connectivity index (χ2v) is 13.0. The van der Waals surface area contributed by atoms with E-state index in [1.165, 1.54) is 44.9 Å². The zero-order valence-electron chi connectivity index (χ0n) is 19.6. The number of hydrogen-bond acceptors (Lipinski definition) is 1. The van der Waals surface area contributed by atoms with Gasteiger partial charge in [0.25, 0.3) is 0 Å². The van der Waals surface area contributed by atoms with Crippen LogP contribution in [0, 0.1) is 57.7 Å². The van der Waals surface area contributed by atoms with Crippen LogP contribution in [0.2, 0.25) is 0 Å². The Kier molecular flexibility index (Phi) is 4.21. The van der Waals surface area contributed by atoms with E-state index in [4.69, 9.17) is 4.74 Å². The monoisotopic (exact) mass is 384 g/mol. The van der Waals surface area contributed by atoms with Gasteiger partial charge in [-0.2, -0.15) is 0 Å². The molecule has 28 heavy (non-hydrogen) atoms. The molecule has 0 N–H and O–H groups in total. The molecule has 0 amide bonds. The van der Waals surface area contributed by atoms with Gasteiger partial charge >= 0.3 is 0 Å². The first-order valence-electron chi connectivity index (χ1n) is 12.4. The van der Waals surface area contributed by atoms with Crippen LogP contribution in [0.15, 0.2) is 11.8 Å². The summed E-state index contributed by atoms with van der Waals surface area (Å²) in [5, 5.41) is 0. The molecule has 0 aromatic rings. The van der Waals surface area contributed by atoms with Crippen molar-refractivity contribution in [3.05, 3.63) is 11.8 Å². The third-order valence-corrected chi connectivity index (χ3v) is 11.3. The SMILES string of the molecule is CC1CC2C(C(C)CC3C2(C)CCC2C(C)(C)CCCC23C)C2C1=COC2C. The van der Waals surface area contributed by atoms with Crippen LogP contribution in [-0.4, -0.2) is 6.10 Å². The lowest BCUT2D eigenvalue weighted by molar-refractivity contribution is -0.199. The van der Waals surface area contributed by atoms with E-state index in [0.717, 1.165) is 29.6 Å². The largest absolute Gasteiger partial charge is 0.498 e. The number of rotatable bonds is 0. The van der Waals surface area contributed by atoms with E-state index in [1.54, 1.807) is 5.57 Å². The maximum Gasteiger partial charge on any atom is 0.102 e. The van der Waals surface area contributed by atoms with Gasteiger partial charge in [-0.1, -0.05) is 48.0 Å². The van der Waals surface area contributed by atoms with Gasteiger partial charge in [-0.15, -0.1) is 0 Å². The smallest absolute Gasteiger partial charge is 0.102 e. The molecule has 158 valence electrons. The Morgan fingerprint density at radius 2 is 1.64 bits per heavy atom. The molecule has 0 aromatic carbocycles. The van der Waals surface area contributed by atoms with Gasteiger partial charge in [0.05, 0.1) is 6.26 Å². The molecule has 0 aromatic heterocycles. The molecule has 0 bridgehead atoms. The summed E-state index contributed by atoms with van der Waals surface area (Å²) in [5.74, 6) is 5.84. The van der Waals surface area contributed by atoms with Crippen LogP contribution in [0.1, 0.15) is 93.4 Å². The third-order valence-electron chi connectivity index (χ3n) is 11.3. The lowest BCUT2D eigenvalue weighted by Crippen LogP contribution is -2.62. The highest BCUT2D eigenvalue weighted by molar-refractivity contribution is 5.23. The quantitative estimate of drug-likeness (QED) is 0.421. The van der Waals surface area contributed by atoms with E-state index in [-0.39, 0.29) is 0 Å². The second kappa shape index (κ2) is 6.04. The number of fused-ring (bicyclic) bond motifs is 7. The first-order chi connectivity index (χ1) is 13.1. The normalized spacial score (nSPS) is 57.2. The summed E-state index contributed by atoms with van der Waals surface area (Å²) in [6, 6.07) is 0. The average Bonchev–Trinajstić information content (AvgIpc) is 2.99. The first kappa shape index (κ1) is 19.5. The highest BCUT2D eigenvalue weighted by Crippen LogP contribution is 2.72. The van der Waals surface area contributed by atoms with E-state index >= 15 is 0 Å². The average molecular weight is 385 g/mol. The Morgan fingerprint density at radius 1 is 0.893 bits per heavy atom. The van der Waals surface area contributed by atoms with Crippen LogP contribution in [0.3, 0.4) is 0 Å². The lowest BCUT2D eigenvalue weighted by atomic mass is 9.35. The van der Waals surface area contributed by atoms with Gasteiger partial charge in [0.2, 0.25) is 0 Å². The Hall–Kier alpha value is -0.460. The molecule has 5 rings (SSSR count). The summed E-state index contributed by atoms with van der Waals surface area (Å²) in [6.07, 6.45) is 12.8. The summed E-state index contributed by atoms with van der Waals surface area (Å²) in [6.45, 7) is 18.1. The highest BCUT2D eigenvalue weighted by Gasteiger charge is 2.65. The van der Waals surface area contributed by atoms with Gasteiger partial charge < -0.3 is 4.74 Å². The van der Waals surface area contributed by atoms with Gasteiger partial charge in [-0.05, 0) is 103 Å². The van der Waals surface area contributed by atoms with Gasteiger partial charge in [-0.3, -0.25) is 0 Å². The minimum absolute atomic E-state index is 0.397. The molecule has 4 saturated carbocycles. The molecule has 10 atom stereocenters. The molecule has 4 fully saturated rings. The zero-order valence-corrected chi connectivity index (χ0v) is 19.6. The minimum atomic E-state index is 0.397. The van der Waals surface area contributed by atoms with Gasteiger partial charge in [0.15, 0.2) is 0 Å². The third kappa shape index (κ3) is 2.37. The molecule has 5 aliphatic rings. The Morgan fingerprint density at radius 3 is 2.39 bits per heavy atom. The van der Waals surface area contributed by atoms with Crippen molar-refractivity contribution in [2.24, 2.45) is 57.7 Å². The van der Waals surface area contributed by atoms with Crippen LogP contribution in [0.4, 0.5) is 0 Å². The number of hydrogen-bond donors (Lipinski definition) is 0. The van der Waals surface area contributed by atoms with Gasteiger partial charge in [-0.25, -0.2) is 0 Å². The molecular weight excluding hydrogens is 340 g/mol.